The van der Waals surface area contributed by atoms with Crippen LogP contribution in [0.2, 0.25) is 0 Å². The highest BCUT2D eigenvalue weighted by Gasteiger charge is 2.41. The fourth-order valence-corrected chi connectivity index (χ4v) is 2.50. The average molecular weight is 223 g/mol. The van der Waals surface area contributed by atoms with Crippen molar-refractivity contribution in [2.45, 2.75) is 37.5 Å². The van der Waals surface area contributed by atoms with E-state index in [4.69, 9.17) is 14.3 Å². The zero-order valence-corrected chi connectivity index (χ0v) is 8.68. The van der Waals surface area contributed by atoms with Crippen LogP contribution in [0.5, 0.6) is 0 Å². The molecule has 2 saturated heterocycles. The largest absolute Gasteiger partial charge is 0.475 e. The van der Waals surface area contributed by atoms with E-state index in [0.29, 0.717) is 12.0 Å². The van der Waals surface area contributed by atoms with Crippen molar-refractivity contribution < 1.29 is 19.1 Å². The Balaban J connectivity index is 1.68. The second-order valence-electron chi connectivity index (χ2n) is 4.33. The smallest absolute Gasteiger partial charge is 0.371 e. The number of nitrogens with one attached hydrogen (secondary N) is 1. The van der Waals surface area contributed by atoms with Gasteiger partial charge in [0.1, 0.15) is 0 Å². The van der Waals surface area contributed by atoms with Gasteiger partial charge in [0.05, 0.1) is 18.2 Å². The van der Waals surface area contributed by atoms with Crippen molar-refractivity contribution in [2.75, 3.05) is 5.32 Å². The summed E-state index contributed by atoms with van der Waals surface area (Å²) in [5.41, 5.74) is 0. The van der Waals surface area contributed by atoms with Crippen molar-refractivity contribution >= 4 is 11.9 Å². The van der Waals surface area contributed by atoms with Gasteiger partial charge in [-0.1, -0.05) is 0 Å². The third-order valence-corrected chi connectivity index (χ3v) is 3.25. The summed E-state index contributed by atoms with van der Waals surface area (Å²) in [5, 5.41) is 11.9. The van der Waals surface area contributed by atoms with Gasteiger partial charge in [0.25, 0.3) is 0 Å². The van der Waals surface area contributed by atoms with E-state index in [1.807, 2.05) is 0 Å². The van der Waals surface area contributed by atoms with Crippen LogP contribution in [0, 0.1) is 0 Å². The van der Waals surface area contributed by atoms with Crippen molar-refractivity contribution in [1.82, 2.24) is 0 Å². The van der Waals surface area contributed by atoms with E-state index in [1.165, 1.54) is 6.07 Å². The lowest BCUT2D eigenvalue weighted by Gasteiger charge is -2.19. The van der Waals surface area contributed by atoms with E-state index in [1.54, 1.807) is 6.07 Å². The fraction of sp³-hybridized carbons (Fsp3) is 0.545. The summed E-state index contributed by atoms with van der Waals surface area (Å²) in [6.07, 6.45) is 3.82. The quantitative estimate of drug-likeness (QED) is 0.816. The normalized spacial score (nSPS) is 31.9. The maximum Gasteiger partial charge on any atom is 0.371 e. The Labute approximate surface area is 92.4 Å². The second-order valence-corrected chi connectivity index (χ2v) is 4.33. The standard InChI is InChI=1S/C11H13NO4/c13-11(14)9-3-4-10(16-9)12-7-5-6-1-2-8(7)15-6/h3-4,6-8,12H,1-2,5H2,(H,13,14). The molecular formula is C11H13NO4. The molecule has 3 rings (SSSR count). The van der Waals surface area contributed by atoms with Crippen LogP contribution in [0.15, 0.2) is 16.5 Å². The monoisotopic (exact) mass is 223 g/mol. The average Bonchev–Trinajstić information content (AvgIpc) is 2.91. The zero-order valence-electron chi connectivity index (χ0n) is 8.68. The molecule has 1 aromatic rings. The van der Waals surface area contributed by atoms with E-state index in [2.05, 4.69) is 5.32 Å². The summed E-state index contributed by atoms with van der Waals surface area (Å²) in [7, 11) is 0. The number of anilines is 1. The molecule has 5 nitrogen and oxygen atoms in total. The summed E-state index contributed by atoms with van der Waals surface area (Å²) in [5.74, 6) is -0.567. The number of rotatable bonds is 3. The van der Waals surface area contributed by atoms with Crippen molar-refractivity contribution in [3.8, 4) is 0 Å². The predicted octanol–water partition coefficient (Wildman–Crippen LogP) is 1.71. The van der Waals surface area contributed by atoms with E-state index in [0.717, 1.165) is 19.3 Å². The Morgan fingerprint density at radius 2 is 2.31 bits per heavy atom. The number of hydrogen-bond donors (Lipinski definition) is 2. The first-order valence-corrected chi connectivity index (χ1v) is 5.47. The Morgan fingerprint density at radius 3 is 2.88 bits per heavy atom. The third-order valence-electron chi connectivity index (χ3n) is 3.25. The Hall–Kier alpha value is -1.49. The van der Waals surface area contributed by atoms with Gasteiger partial charge in [-0.3, -0.25) is 0 Å². The molecule has 2 bridgehead atoms. The van der Waals surface area contributed by atoms with E-state index in [9.17, 15) is 4.79 Å². The predicted molar refractivity (Wildman–Crippen MR) is 55.6 cm³/mol. The molecule has 1 aromatic heterocycles. The van der Waals surface area contributed by atoms with Gasteiger partial charge in [-0.25, -0.2) is 4.79 Å². The van der Waals surface area contributed by atoms with Crippen molar-refractivity contribution in [3.05, 3.63) is 17.9 Å². The summed E-state index contributed by atoms with van der Waals surface area (Å²) in [6.45, 7) is 0. The van der Waals surface area contributed by atoms with Crippen molar-refractivity contribution in [3.63, 3.8) is 0 Å². The first-order valence-electron chi connectivity index (χ1n) is 5.47. The van der Waals surface area contributed by atoms with Crippen molar-refractivity contribution in [1.29, 1.82) is 0 Å². The molecule has 2 aliphatic rings. The topological polar surface area (TPSA) is 71.7 Å². The van der Waals surface area contributed by atoms with Crippen LogP contribution in [0.3, 0.4) is 0 Å². The van der Waals surface area contributed by atoms with Gasteiger partial charge in [0, 0.05) is 6.07 Å². The lowest BCUT2D eigenvalue weighted by Crippen LogP contribution is -2.30. The Kier molecular flexibility index (Phi) is 2.14. The number of hydrogen-bond acceptors (Lipinski definition) is 4. The minimum atomic E-state index is -1.04. The fourth-order valence-electron chi connectivity index (χ4n) is 2.50. The lowest BCUT2D eigenvalue weighted by atomic mass is 9.96. The van der Waals surface area contributed by atoms with E-state index < -0.39 is 5.97 Å². The molecule has 16 heavy (non-hydrogen) atoms. The second kappa shape index (κ2) is 3.52. The summed E-state index contributed by atoms with van der Waals surface area (Å²) < 4.78 is 10.8. The molecule has 0 radical (unpaired) electrons. The molecule has 2 fully saturated rings. The van der Waals surface area contributed by atoms with Gasteiger partial charge in [-0.2, -0.15) is 0 Å². The van der Waals surface area contributed by atoms with Gasteiger partial charge in [-0.05, 0) is 25.3 Å². The van der Waals surface area contributed by atoms with E-state index >= 15 is 0 Å². The number of carboxylic acids is 1. The third kappa shape index (κ3) is 1.57. The van der Waals surface area contributed by atoms with Crippen molar-refractivity contribution in [2.24, 2.45) is 0 Å². The number of ether oxygens (including phenoxy) is 1. The number of aromatic carboxylic acids is 1. The van der Waals surface area contributed by atoms with Gasteiger partial charge in [-0.15, -0.1) is 0 Å². The lowest BCUT2D eigenvalue weighted by molar-refractivity contribution is 0.0663. The van der Waals surface area contributed by atoms with Crippen LogP contribution >= 0.6 is 0 Å². The minimum absolute atomic E-state index is 0.0356. The number of carboxylic acid groups (broad SMARTS) is 1. The molecule has 3 unspecified atom stereocenters. The van der Waals surface area contributed by atoms with Gasteiger partial charge in [0.2, 0.25) is 5.76 Å². The summed E-state index contributed by atoms with van der Waals surface area (Å²) >= 11 is 0. The molecule has 3 heterocycles. The highest BCUT2D eigenvalue weighted by atomic mass is 16.5. The summed E-state index contributed by atoms with van der Waals surface area (Å²) in [6, 6.07) is 3.36. The molecule has 0 spiro atoms. The molecule has 0 saturated carbocycles. The number of carbonyl (C=O) groups is 1. The molecule has 2 aliphatic heterocycles. The SMILES string of the molecule is O=C(O)c1ccc(NC2CC3CCC2O3)o1. The van der Waals surface area contributed by atoms with Crippen LogP contribution in [-0.4, -0.2) is 29.3 Å². The van der Waals surface area contributed by atoms with Crippen LogP contribution in [-0.2, 0) is 4.74 Å². The number of fused-ring (bicyclic) bond motifs is 2. The molecule has 0 aromatic carbocycles. The molecule has 5 heteroatoms. The molecule has 0 aliphatic carbocycles. The van der Waals surface area contributed by atoms with Gasteiger partial charge in [0.15, 0.2) is 5.88 Å². The van der Waals surface area contributed by atoms with Gasteiger partial charge < -0.3 is 19.6 Å². The van der Waals surface area contributed by atoms with Crippen LogP contribution in [0.1, 0.15) is 29.8 Å². The maximum absolute atomic E-state index is 10.6. The summed E-state index contributed by atoms with van der Waals surface area (Å²) in [4.78, 5) is 10.6. The van der Waals surface area contributed by atoms with Gasteiger partial charge >= 0.3 is 5.97 Å². The number of furan rings is 1. The first-order chi connectivity index (χ1) is 7.72. The first kappa shape index (κ1) is 9.72. The molecule has 0 amide bonds. The highest BCUT2D eigenvalue weighted by Crippen LogP contribution is 2.36. The Bertz CT molecular complexity index is 414. The van der Waals surface area contributed by atoms with Crippen LogP contribution in [0.4, 0.5) is 5.88 Å². The van der Waals surface area contributed by atoms with E-state index in [-0.39, 0.29) is 17.9 Å². The zero-order chi connectivity index (χ0) is 11.1. The highest BCUT2D eigenvalue weighted by molar-refractivity contribution is 5.84. The molecule has 3 atom stereocenters. The molecule has 86 valence electrons. The van der Waals surface area contributed by atoms with Crippen LogP contribution < -0.4 is 5.32 Å². The molecular weight excluding hydrogens is 210 g/mol. The Morgan fingerprint density at radius 1 is 1.44 bits per heavy atom. The minimum Gasteiger partial charge on any atom is -0.475 e. The molecule has 2 N–H and O–H groups in total. The maximum atomic E-state index is 10.6. The van der Waals surface area contributed by atoms with Crippen LogP contribution in [0.25, 0.3) is 0 Å².